The summed E-state index contributed by atoms with van der Waals surface area (Å²) in [6.07, 6.45) is 2.19. The van der Waals surface area contributed by atoms with Crippen LogP contribution in [0.25, 0.3) is 0 Å². The van der Waals surface area contributed by atoms with E-state index in [4.69, 9.17) is 4.74 Å². The van der Waals surface area contributed by atoms with Gasteiger partial charge in [0.25, 0.3) is 0 Å². The Kier molecular flexibility index (Phi) is 7.07. The first-order valence-electron chi connectivity index (χ1n) is 9.25. The van der Waals surface area contributed by atoms with Gasteiger partial charge in [0.2, 0.25) is 15.9 Å². The van der Waals surface area contributed by atoms with Crippen molar-refractivity contribution in [2.45, 2.75) is 39.7 Å². The van der Waals surface area contributed by atoms with Gasteiger partial charge in [-0.25, -0.2) is 8.42 Å². The SMILES string of the molecule is CCc1cccc(C)c1NC(=O)[C@H](CC)N(c1cccc(OC)c1)S(C)(=O)=O. The molecule has 0 aliphatic heterocycles. The first-order valence-corrected chi connectivity index (χ1v) is 11.1. The Labute approximate surface area is 167 Å². The number of carbonyl (C=O) groups excluding carboxylic acids is 1. The zero-order chi connectivity index (χ0) is 20.9. The van der Waals surface area contributed by atoms with Crippen LogP contribution in [0.15, 0.2) is 42.5 Å². The number of sulfonamides is 1. The third-order valence-electron chi connectivity index (χ3n) is 4.63. The number of aryl methyl sites for hydroxylation is 2. The van der Waals surface area contributed by atoms with E-state index in [-0.39, 0.29) is 5.91 Å². The lowest BCUT2D eigenvalue weighted by molar-refractivity contribution is -0.117. The molecule has 0 bridgehead atoms. The molecule has 0 saturated heterocycles. The third-order valence-corrected chi connectivity index (χ3v) is 5.81. The van der Waals surface area contributed by atoms with Gasteiger partial charge in [-0.3, -0.25) is 9.10 Å². The van der Waals surface area contributed by atoms with Gasteiger partial charge in [-0.2, -0.15) is 0 Å². The van der Waals surface area contributed by atoms with Crippen molar-refractivity contribution in [3.05, 3.63) is 53.6 Å². The summed E-state index contributed by atoms with van der Waals surface area (Å²) in [6.45, 7) is 5.73. The van der Waals surface area contributed by atoms with Gasteiger partial charge < -0.3 is 10.1 Å². The maximum atomic E-state index is 13.1. The number of benzene rings is 2. The predicted molar refractivity (Wildman–Crippen MR) is 114 cm³/mol. The molecule has 0 unspecified atom stereocenters. The highest BCUT2D eigenvalue weighted by molar-refractivity contribution is 7.92. The van der Waals surface area contributed by atoms with Crippen molar-refractivity contribution in [1.82, 2.24) is 0 Å². The Morgan fingerprint density at radius 2 is 1.86 bits per heavy atom. The summed E-state index contributed by atoms with van der Waals surface area (Å²) < 4.78 is 31.5. The predicted octanol–water partition coefficient (Wildman–Crippen LogP) is 3.75. The van der Waals surface area contributed by atoms with E-state index in [1.165, 1.54) is 7.11 Å². The van der Waals surface area contributed by atoms with E-state index in [0.717, 1.165) is 33.8 Å². The van der Waals surface area contributed by atoms with Crippen LogP contribution < -0.4 is 14.4 Å². The van der Waals surface area contributed by atoms with E-state index in [1.54, 1.807) is 31.2 Å². The summed E-state index contributed by atoms with van der Waals surface area (Å²) in [6, 6.07) is 11.6. The second-order valence-electron chi connectivity index (χ2n) is 6.64. The molecule has 1 atom stereocenters. The Bertz CT molecular complexity index is 941. The highest BCUT2D eigenvalue weighted by Crippen LogP contribution is 2.28. The van der Waals surface area contributed by atoms with Crippen LogP contribution in [0.4, 0.5) is 11.4 Å². The summed E-state index contributed by atoms with van der Waals surface area (Å²) in [5.74, 6) is 0.160. The topological polar surface area (TPSA) is 75.7 Å². The maximum Gasteiger partial charge on any atom is 0.248 e. The molecule has 7 heteroatoms. The van der Waals surface area contributed by atoms with Crippen LogP contribution in [0, 0.1) is 6.92 Å². The second-order valence-corrected chi connectivity index (χ2v) is 8.50. The second kappa shape index (κ2) is 9.10. The molecule has 28 heavy (non-hydrogen) atoms. The van der Waals surface area contributed by atoms with Gasteiger partial charge in [0.1, 0.15) is 11.8 Å². The first-order chi connectivity index (χ1) is 13.2. The van der Waals surface area contributed by atoms with Crippen LogP contribution in [0.3, 0.4) is 0 Å². The number of methoxy groups -OCH3 is 1. The summed E-state index contributed by atoms with van der Waals surface area (Å²) in [4.78, 5) is 13.1. The van der Waals surface area contributed by atoms with E-state index in [9.17, 15) is 13.2 Å². The molecule has 1 amide bonds. The molecule has 0 spiro atoms. The fourth-order valence-electron chi connectivity index (χ4n) is 3.22. The smallest absolute Gasteiger partial charge is 0.248 e. The van der Waals surface area contributed by atoms with Gasteiger partial charge >= 0.3 is 0 Å². The highest BCUT2D eigenvalue weighted by atomic mass is 32.2. The number of para-hydroxylation sites is 1. The van der Waals surface area contributed by atoms with Crippen LogP contribution >= 0.6 is 0 Å². The molecule has 0 aliphatic rings. The number of carbonyl (C=O) groups is 1. The van der Waals surface area contributed by atoms with Crippen molar-refractivity contribution < 1.29 is 17.9 Å². The lowest BCUT2D eigenvalue weighted by Crippen LogP contribution is -2.47. The normalized spacial score (nSPS) is 12.3. The molecule has 2 aromatic rings. The fraction of sp³-hybridized carbons (Fsp3) is 0.381. The summed E-state index contributed by atoms with van der Waals surface area (Å²) >= 11 is 0. The molecular weight excluding hydrogens is 376 g/mol. The van der Waals surface area contributed by atoms with Gasteiger partial charge in [0.15, 0.2) is 0 Å². The van der Waals surface area contributed by atoms with E-state index in [0.29, 0.717) is 17.9 Å². The van der Waals surface area contributed by atoms with Crippen LogP contribution in [0.5, 0.6) is 5.75 Å². The molecule has 2 aromatic carbocycles. The van der Waals surface area contributed by atoms with E-state index in [2.05, 4.69) is 5.32 Å². The number of nitrogens with zero attached hydrogens (tertiary/aromatic N) is 1. The minimum Gasteiger partial charge on any atom is -0.497 e. The molecular formula is C21H28N2O4S. The molecule has 0 fully saturated rings. The van der Waals surface area contributed by atoms with Crippen molar-refractivity contribution in [3.8, 4) is 5.75 Å². The minimum atomic E-state index is -3.70. The van der Waals surface area contributed by atoms with Crippen molar-refractivity contribution in [2.24, 2.45) is 0 Å². The Hall–Kier alpha value is -2.54. The average molecular weight is 405 g/mol. The lowest BCUT2D eigenvalue weighted by atomic mass is 10.0. The zero-order valence-electron chi connectivity index (χ0n) is 17.0. The number of hydrogen-bond donors (Lipinski definition) is 1. The van der Waals surface area contributed by atoms with Crippen molar-refractivity contribution >= 4 is 27.3 Å². The maximum absolute atomic E-state index is 13.1. The van der Waals surface area contributed by atoms with Gasteiger partial charge in [-0.15, -0.1) is 0 Å². The molecule has 2 rings (SSSR count). The number of hydrogen-bond acceptors (Lipinski definition) is 4. The van der Waals surface area contributed by atoms with Gasteiger partial charge in [-0.1, -0.05) is 38.1 Å². The molecule has 6 nitrogen and oxygen atoms in total. The molecule has 152 valence electrons. The zero-order valence-corrected chi connectivity index (χ0v) is 17.8. The van der Waals surface area contributed by atoms with E-state index < -0.39 is 16.1 Å². The van der Waals surface area contributed by atoms with Crippen molar-refractivity contribution in [2.75, 3.05) is 23.0 Å². The Balaban J connectivity index is 2.45. The molecule has 1 N–H and O–H groups in total. The molecule has 0 aliphatic carbocycles. The first kappa shape index (κ1) is 21.8. The molecule has 0 aromatic heterocycles. The monoisotopic (exact) mass is 404 g/mol. The summed E-state index contributed by atoms with van der Waals surface area (Å²) in [5, 5.41) is 2.96. The van der Waals surface area contributed by atoms with Gasteiger partial charge in [-0.05, 0) is 43.0 Å². The van der Waals surface area contributed by atoms with Crippen LogP contribution in [0.2, 0.25) is 0 Å². The number of nitrogens with one attached hydrogen (secondary N) is 1. The highest BCUT2D eigenvalue weighted by Gasteiger charge is 2.32. The van der Waals surface area contributed by atoms with Crippen molar-refractivity contribution in [1.29, 1.82) is 0 Å². The van der Waals surface area contributed by atoms with Crippen molar-refractivity contribution in [3.63, 3.8) is 0 Å². The van der Waals surface area contributed by atoms with Gasteiger partial charge in [0, 0.05) is 11.8 Å². The number of rotatable bonds is 8. The lowest BCUT2D eigenvalue weighted by Gasteiger charge is -2.30. The average Bonchev–Trinajstić information content (AvgIpc) is 2.66. The standard InChI is InChI=1S/C21H28N2O4S/c1-6-16-11-8-10-15(3)20(16)22-21(24)19(7-2)23(28(5,25)26)17-12-9-13-18(14-17)27-4/h8-14,19H,6-7H2,1-5H3,(H,22,24)/t19-/m0/s1. The Morgan fingerprint density at radius 3 is 2.43 bits per heavy atom. The van der Waals surface area contributed by atoms with Crippen LogP contribution in [-0.2, 0) is 21.2 Å². The third kappa shape index (κ3) is 4.84. The molecule has 0 radical (unpaired) electrons. The summed E-state index contributed by atoms with van der Waals surface area (Å²) in [5.41, 5.74) is 3.09. The largest absolute Gasteiger partial charge is 0.497 e. The minimum absolute atomic E-state index is 0.323. The number of amides is 1. The van der Waals surface area contributed by atoms with Crippen LogP contribution in [-0.4, -0.2) is 33.7 Å². The van der Waals surface area contributed by atoms with Gasteiger partial charge in [0.05, 0.1) is 19.1 Å². The fourth-order valence-corrected chi connectivity index (χ4v) is 4.42. The molecule has 0 heterocycles. The number of anilines is 2. The van der Waals surface area contributed by atoms with E-state index in [1.807, 2.05) is 32.0 Å². The summed E-state index contributed by atoms with van der Waals surface area (Å²) in [7, 11) is -2.19. The van der Waals surface area contributed by atoms with Crippen LogP contribution in [0.1, 0.15) is 31.4 Å². The Morgan fingerprint density at radius 1 is 1.18 bits per heavy atom. The number of ether oxygens (including phenoxy) is 1. The quantitative estimate of drug-likeness (QED) is 0.727. The van der Waals surface area contributed by atoms with E-state index >= 15 is 0 Å². The molecule has 0 saturated carbocycles.